The average Bonchev–Trinajstić information content (AvgIpc) is 2.37. The monoisotopic (exact) mass is 283 g/mol. The Morgan fingerprint density at radius 3 is 2.58 bits per heavy atom. The minimum absolute atomic E-state index is 0.338. The second kappa shape index (κ2) is 7.96. The molecule has 5 heteroatoms. The van der Waals surface area contributed by atoms with Gasteiger partial charge in [0.2, 0.25) is 0 Å². The molecular weight excluding hydrogens is 262 g/mol. The average molecular weight is 283 g/mol. The van der Waals surface area contributed by atoms with Gasteiger partial charge in [-0.15, -0.1) is 0 Å². The number of nitrogens with two attached hydrogens (primary N) is 1. The molecule has 2 N–H and O–H groups in total. The Bertz CT molecular complexity index is 421. The standard InChI is InChI=1S/C14H21NO3S/c1-10(2)9-17-6-7-18-12-5-4-11(14(15)19)8-13(12)16-3/h4-5,8,10H,6-7,9H2,1-3H3,(H2,15,19). The topological polar surface area (TPSA) is 53.7 Å². The second-order valence-electron chi connectivity index (χ2n) is 4.55. The zero-order chi connectivity index (χ0) is 14.3. The molecule has 0 fully saturated rings. The van der Waals surface area contributed by atoms with Crippen LogP contribution in [0.4, 0.5) is 0 Å². The smallest absolute Gasteiger partial charge is 0.161 e. The number of hydrogen-bond acceptors (Lipinski definition) is 4. The van der Waals surface area contributed by atoms with E-state index in [-0.39, 0.29) is 0 Å². The van der Waals surface area contributed by atoms with Crippen molar-refractivity contribution in [1.29, 1.82) is 0 Å². The molecule has 0 atom stereocenters. The molecule has 0 radical (unpaired) electrons. The Kier molecular flexibility index (Phi) is 6.59. The Hall–Kier alpha value is -1.33. The van der Waals surface area contributed by atoms with Crippen LogP contribution in [0.1, 0.15) is 19.4 Å². The Labute approximate surface area is 119 Å². The van der Waals surface area contributed by atoms with Gasteiger partial charge in [0.1, 0.15) is 11.6 Å². The Morgan fingerprint density at radius 2 is 2.00 bits per heavy atom. The van der Waals surface area contributed by atoms with Crippen LogP contribution in [0.5, 0.6) is 11.5 Å². The van der Waals surface area contributed by atoms with Gasteiger partial charge in [-0.25, -0.2) is 0 Å². The predicted molar refractivity (Wildman–Crippen MR) is 80.0 cm³/mol. The van der Waals surface area contributed by atoms with E-state index in [9.17, 15) is 0 Å². The lowest BCUT2D eigenvalue weighted by molar-refractivity contribution is 0.0811. The van der Waals surface area contributed by atoms with E-state index in [1.807, 2.05) is 6.07 Å². The van der Waals surface area contributed by atoms with Crippen molar-refractivity contribution in [1.82, 2.24) is 0 Å². The molecule has 0 aromatic heterocycles. The van der Waals surface area contributed by atoms with Gasteiger partial charge < -0.3 is 19.9 Å². The van der Waals surface area contributed by atoms with E-state index in [1.165, 1.54) is 0 Å². The van der Waals surface area contributed by atoms with Gasteiger partial charge in [-0.1, -0.05) is 26.1 Å². The fourth-order valence-electron chi connectivity index (χ4n) is 1.47. The van der Waals surface area contributed by atoms with E-state index in [0.717, 1.165) is 12.2 Å². The molecule has 0 saturated carbocycles. The molecule has 0 amide bonds. The van der Waals surface area contributed by atoms with E-state index in [0.29, 0.717) is 35.6 Å². The molecule has 0 bridgehead atoms. The predicted octanol–water partition coefficient (Wildman–Crippen LogP) is 2.38. The molecule has 19 heavy (non-hydrogen) atoms. The van der Waals surface area contributed by atoms with Gasteiger partial charge in [-0.05, 0) is 24.1 Å². The molecule has 0 aliphatic rings. The quantitative estimate of drug-likeness (QED) is 0.586. The summed E-state index contributed by atoms with van der Waals surface area (Å²) < 4.78 is 16.3. The van der Waals surface area contributed by atoms with Gasteiger partial charge in [-0.2, -0.15) is 0 Å². The van der Waals surface area contributed by atoms with E-state index in [2.05, 4.69) is 13.8 Å². The fourth-order valence-corrected chi connectivity index (χ4v) is 1.60. The molecule has 1 aromatic rings. The summed E-state index contributed by atoms with van der Waals surface area (Å²) in [6.45, 7) is 5.99. The largest absolute Gasteiger partial charge is 0.493 e. The van der Waals surface area contributed by atoms with Crippen LogP contribution in [0.25, 0.3) is 0 Å². The number of rotatable bonds is 8. The van der Waals surface area contributed by atoms with Crippen LogP contribution in [-0.4, -0.2) is 31.9 Å². The van der Waals surface area contributed by atoms with Crippen LogP contribution in [0.15, 0.2) is 18.2 Å². The van der Waals surface area contributed by atoms with Crippen molar-refractivity contribution in [2.75, 3.05) is 26.9 Å². The highest BCUT2D eigenvalue weighted by Gasteiger charge is 2.07. The third-order valence-electron chi connectivity index (χ3n) is 2.38. The summed E-state index contributed by atoms with van der Waals surface area (Å²) in [7, 11) is 1.58. The lowest BCUT2D eigenvalue weighted by Gasteiger charge is -2.12. The molecule has 1 aromatic carbocycles. The first-order chi connectivity index (χ1) is 9.04. The van der Waals surface area contributed by atoms with E-state index < -0.39 is 0 Å². The maximum atomic E-state index is 5.61. The van der Waals surface area contributed by atoms with Crippen molar-refractivity contribution in [3.05, 3.63) is 23.8 Å². The summed E-state index contributed by atoms with van der Waals surface area (Å²) >= 11 is 4.92. The molecule has 4 nitrogen and oxygen atoms in total. The summed E-state index contributed by atoms with van der Waals surface area (Å²) in [6.07, 6.45) is 0. The molecule has 0 heterocycles. The van der Waals surface area contributed by atoms with Crippen LogP contribution in [-0.2, 0) is 4.74 Å². The SMILES string of the molecule is COc1cc(C(N)=S)ccc1OCCOCC(C)C. The van der Waals surface area contributed by atoms with E-state index >= 15 is 0 Å². The van der Waals surface area contributed by atoms with Gasteiger partial charge in [0.25, 0.3) is 0 Å². The third kappa shape index (κ3) is 5.44. The van der Waals surface area contributed by atoms with E-state index in [1.54, 1.807) is 19.2 Å². The van der Waals surface area contributed by atoms with Crippen LogP contribution in [0, 0.1) is 5.92 Å². The van der Waals surface area contributed by atoms with Gasteiger partial charge >= 0.3 is 0 Å². The Balaban J connectivity index is 2.51. The minimum atomic E-state index is 0.338. The molecule has 1 rings (SSSR count). The first kappa shape index (κ1) is 15.7. The maximum Gasteiger partial charge on any atom is 0.161 e. The molecule has 0 saturated heterocycles. The van der Waals surface area contributed by atoms with Crippen LogP contribution in [0.3, 0.4) is 0 Å². The summed E-state index contributed by atoms with van der Waals surface area (Å²) in [5.74, 6) is 1.81. The summed E-state index contributed by atoms with van der Waals surface area (Å²) in [6, 6.07) is 5.39. The second-order valence-corrected chi connectivity index (χ2v) is 4.99. The summed E-state index contributed by atoms with van der Waals surface area (Å²) in [5.41, 5.74) is 6.33. The lowest BCUT2D eigenvalue weighted by Crippen LogP contribution is -2.12. The first-order valence-electron chi connectivity index (χ1n) is 6.23. The normalized spacial score (nSPS) is 10.5. The van der Waals surface area contributed by atoms with Gasteiger partial charge in [0.15, 0.2) is 11.5 Å². The number of thiocarbonyl (C=S) groups is 1. The van der Waals surface area contributed by atoms with Gasteiger partial charge in [0, 0.05) is 12.2 Å². The zero-order valence-corrected chi connectivity index (χ0v) is 12.5. The number of methoxy groups -OCH3 is 1. The maximum absolute atomic E-state index is 5.61. The molecule has 0 aliphatic carbocycles. The number of hydrogen-bond donors (Lipinski definition) is 1. The van der Waals surface area contributed by atoms with Crippen LogP contribution < -0.4 is 15.2 Å². The molecule has 106 valence electrons. The first-order valence-corrected chi connectivity index (χ1v) is 6.63. The number of ether oxygens (including phenoxy) is 3. The third-order valence-corrected chi connectivity index (χ3v) is 2.62. The minimum Gasteiger partial charge on any atom is -0.493 e. The van der Waals surface area contributed by atoms with Crippen LogP contribution in [0.2, 0.25) is 0 Å². The molecule has 0 unspecified atom stereocenters. The highest BCUT2D eigenvalue weighted by atomic mass is 32.1. The zero-order valence-electron chi connectivity index (χ0n) is 11.6. The lowest BCUT2D eigenvalue weighted by atomic mass is 10.2. The van der Waals surface area contributed by atoms with Crippen molar-refractivity contribution in [3.63, 3.8) is 0 Å². The van der Waals surface area contributed by atoms with Crippen molar-refractivity contribution in [3.8, 4) is 11.5 Å². The van der Waals surface area contributed by atoms with Crippen molar-refractivity contribution >= 4 is 17.2 Å². The highest BCUT2D eigenvalue weighted by molar-refractivity contribution is 7.80. The molecule has 0 spiro atoms. The van der Waals surface area contributed by atoms with Gasteiger partial charge in [-0.3, -0.25) is 0 Å². The number of benzene rings is 1. The Morgan fingerprint density at radius 1 is 1.26 bits per heavy atom. The highest BCUT2D eigenvalue weighted by Crippen LogP contribution is 2.27. The van der Waals surface area contributed by atoms with Crippen molar-refractivity contribution in [2.24, 2.45) is 11.7 Å². The van der Waals surface area contributed by atoms with E-state index in [4.69, 9.17) is 32.2 Å². The van der Waals surface area contributed by atoms with Crippen molar-refractivity contribution < 1.29 is 14.2 Å². The molecule has 0 aliphatic heterocycles. The van der Waals surface area contributed by atoms with Gasteiger partial charge in [0.05, 0.1) is 13.7 Å². The summed E-state index contributed by atoms with van der Waals surface area (Å²) in [4.78, 5) is 0.338. The fraction of sp³-hybridized carbons (Fsp3) is 0.500. The summed E-state index contributed by atoms with van der Waals surface area (Å²) in [5, 5.41) is 0. The van der Waals surface area contributed by atoms with Crippen LogP contribution >= 0.6 is 12.2 Å². The molecular formula is C14H21NO3S. The van der Waals surface area contributed by atoms with Crippen molar-refractivity contribution in [2.45, 2.75) is 13.8 Å².